The molecule has 1 aliphatic rings. The van der Waals surface area contributed by atoms with Gasteiger partial charge in [-0.05, 0) is 25.1 Å². The molecule has 1 N–H and O–H groups in total. The second kappa shape index (κ2) is 5.73. The molecule has 6 nitrogen and oxygen atoms in total. The number of fused-ring (bicyclic) bond motifs is 1. The fourth-order valence-electron chi connectivity index (χ4n) is 2.04. The van der Waals surface area contributed by atoms with E-state index in [1.54, 1.807) is 18.2 Å². The summed E-state index contributed by atoms with van der Waals surface area (Å²) in [5.74, 6) is -0.858. The number of carboxylic acid groups (broad SMARTS) is 1. The Hall–Kier alpha value is -2.37. The van der Waals surface area contributed by atoms with Crippen LogP contribution in [0.15, 0.2) is 18.2 Å². The Labute approximate surface area is 115 Å². The van der Waals surface area contributed by atoms with E-state index in [-0.39, 0.29) is 24.5 Å². The van der Waals surface area contributed by atoms with Gasteiger partial charge >= 0.3 is 5.97 Å². The standard InChI is InChI=1S/C14H15NO5/c1-9(16)10-2-3-12-11(8-10)15(6-7-20-12)13(17)4-5-14(18)19/h2-3,8H,4-7H2,1H3,(H,18,19). The van der Waals surface area contributed by atoms with Gasteiger partial charge in [0, 0.05) is 12.0 Å². The Morgan fingerprint density at radius 1 is 1.30 bits per heavy atom. The maximum absolute atomic E-state index is 12.1. The molecule has 0 unspecified atom stereocenters. The first-order chi connectivity index (χ1) is 9.49. The van der Waals surface area contributed by atoms with Crippen LogP contribution in [0.4, 0.5) is 5.69 Å². The number of ketones is 1. The number of carbonyl (C=O) groups excluding carboxylic acids is 2. The van der Waals surface area contributed by atoms with Crippen LogP contribution in [0.2, 0.25) is 0 Å². The Bertz CT molecular complexity index is 567. The van der Waals surface area contributed by atoms with E-state index in [0.717, 1.165) is 0 Å². The topological polar surface area (TPSA) is 83.9 Å². The van der Waals surface area contributed by atoms with Crippen LogP contribution >= 0.6 is 0 Å². The number of nitrogens with zero attached hydrogens (tertiary/aromatic N) is 1. The second-order valence-corrected chi connectivity index (χ2v) is 4.53. The summed E-state index contributed by atoms with van der Waals surface area (Å²) in [6.45, 7) is 2.15. The number of ether oxygens (including phenoxy) is 1. The molecule has 1 aliphatic heterocycles. The molecule has 2 rings (SSSR count). The highest BCUT2D eigenvalue weighted by atomic mass is 16.5. The van der Waals surface area contributed by atoms with Crippen LogP contribution in [0, 0.1) is 0 Å². The molecule has 0 aliphatic carbocycles. The quantitative estimate of drug-likeness (QED) is 0.843. The monoisotopic (exact) mass is 277 g/mol. The van der Waals surface area contributed by atoms with E-state index in [0.29, 0.717) is 30.2 Å². The molecule has 1 aromatic carbocycles. The van der Waals surface area contributed by atoms with Crippen LogP contribution in [-0.4, -0.2) is 35.9 Å². The number of benzene rings is 1. The van der Waals surface area contributed by atoms with Gasteiger partial charge < -0.3 is 14.7 Å². The van der Waals surface area contributed by atoms with Gasteiger partial charge in [-0.1, -0.05) is 0 Å². The van der Waals surface area contributed by atoms with Gasteiger partial charge in [0.2, 0.25) is 5.91 Å². The summed E-state index contributed by atoms with van der Waals surface area (Å²) in [4.78, 5) is 35.5. The molecule has 106 valence electrons. The number of hydrogen-bond donors (Lipinski definition) is 1. The molecule has 20 heavy (non-hydrogen) atoms. The zero-order chi connectivity index (χ0) is 14.7. The maximum Gasteiger partial charge on any atom is 0.303 e. The summed E-state index contributed by atoms with van der Waals surface area (Å²) in [5.41, 5.74) is 1.02. The SMILES string of the molecule is CC(=O)c1ccc2c(c1)N(C(=O)CCC(=O)O)CCO2. The van der Waals surface area contributed by atoms with Gasteiger partial charge in [0.1, 0.15) is 12.4 Å². The number of hydrogen-bond acceptors (Lipinski definition) is 4. The van der Waals surface area contributed by atoms with Crippen molar-refractivity contribution in [2.24, 2.45) is 0 Å². The molecule has 0 aromatic heterocycles. The molecule has 0 atom stereocenters. The van der Waals surface area contributed by atoms with Crippen LogP contribution in [0.5, 0.6) is 5.75 Å². The van der Waals surface area contributed by atoms with Crippen molar-refractivity contribution in [3.05, 3.63) is 23.8 Å². The number of amides is 1. The minimum absolute atomic E-state index is 0.0704. The molecular weight excluding hydrogens is 262 g/mol. The molecule has 1 heterocycles. The Morgan fingerprint density at radius 2 is 2.05 bits per heavy atom. The van der Waals surface area contributed by atoms with E-state index in [1.165, 1.54) is 11.8 Å². The summed E-state index contributed by atoms with van der Waals surface area (Å²) in [5, 5.41) is 8.63. The third kappa shape index (κ3) is 2.96. The van der Waals surface area contributed by atoms with E-state index in [4.69, 9.17) is 9.84 Å². The molecule has 0 saturated carbocycles. The lowest BCUT2D eigenvalue weighted by Gasteiger charge is -2.29. The molecule has 1 aromatic rings. The van der Waals surface area contributed by atoms with Gasteiger partial charge in [-0.3, -0.25) is 14.4 Å². The lowest BCUT2D eigenvalue weighted by atomic mass is 10.1. The minimum Gasteiger partial charge on any atom is -0.490 e. The first-order valence-electron chi connectivity index (χ1n) is 6.29. The zero-order valence-electron chi connectivity index (χ0n) is 11.1. The molecule has 0 fully saturated rings. The number of Topliss-reactive ketones (excluding diaryl/α,β-unsaturated/α-hetero) is 1. The summed E-state index contributed by atoms with van der Waals surface area (Å²) in [7, 11) is 0. The normalized spacial score (nSPS) is 13.3. The minimum atomic E-state index is -1.01. The average molecular weight is 277 g/mol. The van der Waals surface area contributed by atoms with E-state index in [9.17, 15) is 14.4 Å². The van der Waals surface area contributed by atoms with Gasteiger partial charge in [-0.25, -0.2) is 0 Å². The third-order valence-corrected chi connectivity index (χ3v) is 3.08. The molecule has 0 spiro atoms. The predicted molar refractivity (Wildman–Crippen MR) is 71.2 cm³/mol. The van der Waals surface area contributed by atoms with E-state index >= 15 is 0 Å². The van der Waals surface area contributed by atoms with Crippen LogP contribution in [-0.2, 0) is 9.59 Å². The van der Waals surface area contributed by atoms with Crippen molar-refractivity contribution in [1.29, 1.82) is 0 Å². The van der Waals surface area contributed by atoms with Gasteiger partial charge in [0.05, 0.1) is 18.7 Å². The van der Waals surface area contributed by atoms with Crippen molar-refractivity contribution in [3.63, 3.8) is 0 Å². The van der Waals surface area contributed by atoms with Crippen LogP contribution in [0.25, 0.3) is 0 Å². The Morgan fingerprint density at radius 3 is 2.70 bits per heavy atom. The zero-order valence-corrected chi connectivity index (χ0v) is 11.1. The van der Waals surface area contributed by atoms with Crippen molar-refractivity contribution < 1.29 is 24.2 Å². The summed E-state index contributed by atoms with van der Waals surface area (Å²) in [6.07, 6.45) is -0.281. The highest BCUT2D eigenvalue weighted by Crippen LogP contribution is 2.33. The predicted octanol–water partition coefficient (Wildman–Crippen LogP) is 1.48. The summed E-state index contributed by atoms with van der Waals surface area (Å²) in [6, 6.07) is 4.91. The van der Waals surface area contributed by atoms with Crippen molar-refractivity contribution in [3.8, 4) is 5.75 Å². The highest BCUT2D eigenvalue weighted by Gasteiger charge is 2.24. The van der Waals surface area contributed by atoms with Crippen LogP contribution in [0.3, 0.4) is 0 Å². The average Bonchev–Trinajstić information content (AvgIpc) is 2.43. The van der Waals surface area contributed by atoms with Crippen molar-refractivity contribution in [2.45, 2.75) is 19.8 Å². The number of carbonyl (C=O) groups is 3. The van der Waals surface area contributed by atoms with Gasteiger partial charge in [0.25, 0.3) is 0 Å². The largest absolute Gasteiger partial charge is 0.490 e. The number of rotatable bonds is 4. The Kier molecular flexibility index (Phi) is 4.02. The fraction of sp³-hybridized carbons (Fsp3) is 0.357. The van der Waals surface area contributed by atoms with Crippen molar-refractivity contribution in [1.82, 2.24) is 0 Å². The second-order valence-electron chi connectivity index (χ2n) is 4.53. The van der Waals surface area contributed by atoms with Gasteiger partial charge in [-0.2, -0.15) is 0 Å². The lowest BCUT2D eigenvalue weighted by Crippen LogP contribution is -2.38. The first-order valence-corrected chi connectivity index (χ1v) is 6.29. The molecule has 0 saturated heterocycles. The van der Waals surface area contributed by atoms with Gasteiger partial charge in [0.15, 0.2) is 5.78 Å². The first kappa shape index (κ1) is 14.0. The highest BCUT2D eigenvalue weighted by molar-refractivity contribution is 6.00. The number of carboxylic acids is 1. The Balaban J connectivity index is 2.26. The summed E-state index contributed by atoms with van der Waals surface area (Å²) >= 11 is 0. The van der Waals surface area contributed by atoms with E-state index in [1.807, 2.05) is 0 Å². The fourth-order valence-corrected chi connectivity index (χ4v) is 2.04. The van der Waals surface area contributed by atoms with E-state index < -0.39 is 5.97 Å². The molecule has 0 bridgehead atoms. The van der Waals surface area contributed by atoms with Crippen molar-refractivity contribution >= 4 is 23.3 Å². The molecule has 6 heteroatoms. The molecule has 0 radical (unpaired) electrons. The van der Waals surface area contributed by atoms with Gasteiger partial charge in [-0.15, -0.1) is 0 Å². The number of aliphatic carboxylic acids is 1. The van der Waals surface area contributed by atoms with Crippen LogP contribution < -0.4 is 9.64 Å². The number of anilines is 1. The van der Waals surface area contributed by atoms with Crippen LogP contribution in [0.1, 0.15) is 30.1 Å². The lowest BCUT2D eigenvalue weighted by molar-refractivity contribution is -0.138. The maximum atomic E-state index is 12.1. The van der Waals surface area contributed by atoms with Crippen molar-refractivity contribution in [2.75, 3.05) is 18.1 Å². The summed E-state index contributed by atoms with van der Waals surface area (Å²) < 4.78 is 5.44. The van der Waals surface area contributed by atoms with E-state index in [2.05, 4.69) is 0 Å². The molecule has 1 amide bonds. The molecular formula is C14H15NO5. The smallest absolute Gasteiger partial charge is 0.303 e. The third-order valence-electron chi connectivity index (χ3n) is 3.08.